The third kappa shape index (κ3) is 4.59. The maximum atomic E-state index is 9.64. The summed E-state index contributed by atoms with van der Waals surface area (Å²) in [6, 6.07) is 8.11. The molecule has 1 fully saturated rings. The molecule has 2 rings (SSSR count). The largest absolute Gasteiger partial charge is 0.493 e. The quantitative estimate of drug-likeness (QED) is 0.649. The maximum Gasteiger partial charge on any atom is 0.119 e. The average Bonchev–Trinajstić information content (AvgIpc) is 2.41. The molecule has 0 bridgehead atoms. The van der Waals surface area contributed by atoms with Gasteiger partial charge in [0, 0.05) is 19.5 Å². The van der Waals surface area contributed by atoms with Gasteiger partial charge in [0.1, 0.15) is 5.75 Å². The number of terminal acetylenes is 1. The van der Waals surface area contributed by atoms with Crippen LogP contribution in [0.25, 0.3) is 0 Å². The molecular formula is C16H21NO2. The molecule has 1 heterocycles. The van der Waals surface area contributed by atoms with E-state index in [4.69, 9.17) is 11.2 Å². The summed E-state index contributed by atoms with van der Waals surface area (Å²) in [5.41, 5.74) is 1.25. The zero-order chi connectivity index (χ0) is 13.5. The van der Waals surface area contributed by atoms with Gasteiger partial charge in [-0.25, -0.2) is 0 Å². The van der Waals surface area contributed by atoms with Crippen molar-refractivity contribution in [3.05, 3.63) is 29.8 Å². The van der Waals surface area contributed by atoms with Crippen molar-refractivity contribution in [2.24, 2.45) is 0 Å². The van der Waals surface area contributed by atoms with Crippen molar-refractivity contribution in [1.29, 1.82) is 0 Å². The molecule has 0 saturated carbocycles. The summed E-state index contributed by atoms with van der Waals surface area (Å²) >= 11 is 0. The van der Waals surface area contributed by atoms with Gasteiger partial charge in [0.25, 0.3) is 0 Å². The van der Waals surface area contributed by atoms with E-state index in [0.29, 0.717) is 13.0 Å². The Labute approximate surface area is 115 Å². The Bertz CT molecular complexity index is 421. The molecule has 1 saturated heterocycles. The van der Waals surface area contributed by atoms with E-state index in [-0.39, 0.29) is 6.10 Å². The van der Waals surface area contributed by atoms with E-state index in [9.17, 15) is 5.11 Å². The van der Waals surface area contributed by atoms with Crippen LogP contribution in [0.15, 0.2) is 24.3 Å². The van der Waals surface area contributed by atoms with Gasteiger partial charge in [-0.2, -0.15) is 0 Å². The number of rotatable bonds is 5. The van der Waals surface area contributed by atoms with Gasteiger partial charge in [-0.3, -0.25) is 4.90 Å². The third-order valence-electron chi connectivity index (χ3n) is 3.33. The zero-order valence-electron chi connectivity index (χ0n) is 11.2. The molecule has 3 nitrogen and oxygen atoms in total. The smallest absolute Gasteiger partial charge is 0.119 e. The molecule has 0 aromatic heterocycles. The van der Waals surface area contributed by atoms with Crippen molar-refractivity contribution in [3.8, 4) is 18.1 Å². The molecular weight excluding hydrogens is 238 g/mol. The Morgan fingerprint density at radius 3 is 2.84 bits per heavy atom. The van der Waals surface area contributed by atoms with Crippen LogP contribution in [0.1, 0.15) is 24.8 Å². The minimum Gasteiger partial charge on any atom is -0.493 e. The van der Waals surface area contributed by atoms with E-state index in [2.05, 4.69) is 23.0 Å². The number of nitrogens with zero attached hydrogens (tertiary/aromatic N) is 1. The summed E-state index contributed by atoms with van der Waals surface area (Å²) in [6.07, 6.45) is 7.65. The Kier molecular flexibility index (Phi) is 5.26. The molecule has 102 valence electrons. The van der Waals surface area contributed by atoms with Gasteiger partial charge in [-0.05, 0) is 37.1 Å². The number of hydrogen-bond acceptors (Lipinski definition) is 3. The van der Waals surface area contributed by atoms with Gasteiger partial charge in [-0.15, -0.1) is 12.3 Å². The number of aliphatic hydroxyl groups excluding tert-OH is 1. The fourth-order valence-corrected chi connectivity index (χ4v) is 2.35. The van der Waals surface area contributed by atoms with E-state index in [1.807, 2.05) is 12.1 Å². The second-order valence-electron chi connectivity index (χ2n) is 4.98. The molecule has 3 heteroatoms. The number of benzene rings is 1. The molecule has 0 amide bonds. The van der Waals surface area contributed by atoms with Gasteiger partial charge in [0.05, 0.1) is 12.7 Å². The predicted octanol–water partition coefficient (Wildman–Crippen LogP) is 2.05. The monoisotopic (exact) mass is 259 g/mol. The van der Waals surface area contributed by atoms with Crippen molar-refractivity contribution < 1.29 is 9.84 Å². The summed E-state index contributed by atoms with van der Waals surface area (Å²) in [6.45, 7) is 3.30. The molecule has 0 radical (unpaired) electrons. The topological polar surface area (TPSA) is 32.7 Å². The Morgan fingerprint density at radius 1 is 1.37 bits per heavy atom. The minimum atomic E-state index is -0.167. The normalized spacial score (nSPS) is 19.9. The lowest BCUT2D eigenvalue weighted by Crippen LogP contribution is -2.37. The molecule has 0 spiro atoms. The minimum absolute atomic E-state index is 0.167. The fourth-order valence-electron chi connectivity index (χ4n) is 2.35. The third-order valence-corrected chi connectivity index (χ3v) is 3.33. The van der Waals surface area contributed by atoms with Crippen LogP contribution in [0.4, 0.5) is 0 Å². The van der Waals surface area contributed by atoms with Crippen LogP contribution in [0.2, 0.25) is 0 Å². The summed E-state index contributed by atoms with van der Waals surface area (Å²) in [5, 5.41) is 9.64. The van der Waals surface area contributed by atoms with Crippen molar-refractivity contribution >= 4 is 0 Å². The first-order valence-corrected chi connectivity index (χ1v) is 6.83. The highest BCUT2D eigenvalue weighted by atomic mass is 16.5. The fraction of sp³-hybridized carbons (Fsp3) is 0.500. The summed E-state index contributed by atoms with van der Waals surface area (Å²) < 4.78 is 5.51. The number of likely N-dealkylation sites (tertiary alicyclic amines) is 1. The molecule has 1 aromatic rings. The Balaban J connectivity index is 1.83. The van der Waals surface area contributed by atoms with E-state index in [1.165, 1.54) is 5.56 Å². The highest BCUT2D eigenvalue weighted by Gasteiger charge is 2.17. The van der Waals surface area contributed by atoms with E-state index in [1.54, 1.807) is 0 Å². The number of piperidine rings is 1. The summed E-state index contributed by atoms with van der Waals surface area (Å²) in [5.74, 6) is 3.41. The van der Waals surface area contributed by atoms with Gasteiger partial charge < -0.3 is 9.84 Å². The number of β-amino-alcohol motifs (C(OH)–C–C–N with tert-alkyl or cyclic N) is 1. The van der Waals surface area contributed by atoms with Crippen molar-refractivity contribution in [2.75, 3.05) is 19.7 Å². The van der Waals surface area contributed by atoms with E-state index >= 15 is 0 Å². The highest BCUT2D eigenvalue weighted by Crippen LogP contribution is 2.16. The Morgan fingerprint density at radius 2 is 2.16 bits per heavy atom. The lowest BCUT2D eigenvalue weighted by atomic mass is 10.1. The first-order valence-electron chi connectivity index (χ1n) is 6.83. The van der Waals surface area contributed by atoms with Crippen LogP contribution < -0.4 is 4.74 Å². The van der Waals surface area contributed by atoms with Crippen LogP contribution in [-0.4, -0.2) is 35.8 Å². The zero-order valence-corrected chi connectivity index (χ0v) is 11.2. The first-order chi connectivity index (χ1) is 9.28. The molecule has 19 heavy (non-hydrogen) atoms. The highest BCUT2D eigenvalue weighted by molar-refractivity contribution is 5.27. The molecule has 1 N–H and O–H groups in total. The SMILES string of the molecule is C#CCCOc1ccc(CN2CCCC(O)C2)cc1. The lowest BCUT2D eigenvalue weighted by molar-refractivity contribution is 0.0668. The van der Waals surface area contributed by atoms with E-state index < -0.39 is 0 Å². The van der Waals surface area contributed by atoms with Gasteiger partial charge in [0.15, 0.2) is 0 Å². The van der Waals surface area contributed by atoms with Crippen molar-refractivity contribution in [3.63, 3.8) is 0 Å². The number of hydrogen-bond donors (Lipinski definition) is 1. The first kappa shape index (κ1) is 13.9. The van der Waals surface area contributed by atoms with Crippen LogP contribution in [-0.2, 0) is 6.54 Å². The van der Waals surface area contributed by atoms with Crippen LogP contribution in [0.3, 0.4) is 0 Å². The molecule has 0 aliphatic carbocycles. The lowest BCUT2D eigenvalue weighted by Gasteiger charge is -2.29. The molecule has 1 aliphatic heterocycles. The molecule has 1 unspecified atom stereocenters. The van der Waals surface area contributed by atoms with Crippen molar-refractivity contribution in [1.82, 2.24) is 4.90 Å². The average molecular weight is 259 g/mol. The molecule has 1 atom stereocenters. The van der Waals surface area contributed by atoms with Gasteiger partial charge in [-0.1, -0.05) is 12.1 Å². The maximum absolute atomic E-state index is 9.64. The van der Waals surface area contributed by atoms with Crippen LogP contribution >= 0.6 is 0 Å². The predicted molar refractivity (Wildman–Crippen MR) is 75.9 cm³/mol. The van der Waals surface area contributed by atoms with Gasteiger partial charge in [0.2, 0.25) is 0 Å². The second-order valence-corrected chi connectivity index (χ2v) is 4.98. The standard InChI is InChI=1S/C16H21NO2/c1-2-3-11-19-16-8-6-14(7-9-16)12-17-10-4-5-15(18)13-17/h1,6-9,15,18H,3-5,10-13H2. The van der Waals surface area contributed by atoms with Crippen LogP contribution in [0, 0.1) is 12.3 Å². The van der Waals surface area contributed by atoms with E-state index in [0.717, 1.165) is 38.2 Å². The number of ether oxygens (including phenoxy) is 1. The molecule has 1 aromatic carbocycles. The summed E-state index contributed by atoms with van der Waals surface area (Å²) in [7, 11) is 0. The van der Waals surface area contributed by atoms with Crippen molar-refractivity contribution in [2.45, 2.75) is 31.9 Å². The number of aliphatic hydroxyl groups is 1. The van der Waals surface area contributed by atoms with Crippen LogP contribution in [0.5, 0.6) is 5.75 Å². The Hall–Kier alpha value is -1.50. The summed E-state index contributed by atoms with van der Waals surface area (Å²) in [4.78, 5) is 2.29. The second kappa shape index (κ2) is 7.18. The van der Waals surface area contributed by atoms with Gasteiger partial charge >= 0.3 is 0 Å². The molecule has 1 aliphatic rings.